The molecule has 0 bridgehead atoms. The first-order chi connectivity index (χ1) is 8.15. The standard InChI is InChI=1S/C12H15ClN2O2/c13-9-3-1-8(2-4-9)6-15-12(17)11-5-10(16)7-14-11/h1-4,10-11,14,16H,5-7H2,(H,15,17). The van der Waals surface area contributed by atoms with Gasteiger partial charge in [0.05, 0.1) is 12.1 Å². The van der Waals surface area contributed by atoms with E-state index in [0.29, 0.717) is 24.5 Å². The number of β-amino-alcohol motifs (C(OH)–C–C–N with tert-alkyl or cyclic N) is 1. The third-order valence-corrected chi connectivity index (χ3v) is 3.06. The Kier molecular flexibility index (Phi) is 3.99. The summed E-state index contributed by atoms with van der Waals surface area (Å²) in [5.41, 5.74) is 1.00. The van der Waals surface area contributed by atoms with Crippen LogP contribution < -0.4 is 10.6 Å². The minimum Gasteiger partial charge on any atom is -0.392 e. The van der Waals surface area contributed by atoms with Gasteiger partial charge < -0.3 is 15.7 Å². The predicted molar refractivity (Wildman–Crippen MR) is 65.7 cm³/mol. The summed E-state index contributed by atoms with van der Waals surface area (Å²) in [5.74, 6) is -0.0727. The van der Waals surface area contributed by atoms with Gasteiger partial charge in [-0.1, -0.05) is 23.7 Å². The molecule has 1 amide bonds. The lowest BCUT2D eigenvalue weighted by molar-refractivity contribution is -0.123. The summed E-state index contributed by atoms with van der Waals surface area (Å²) in [6.45, 7) is 0.962. The number of aliphatic hydroxyl groups excluding tert-OH is 1. The molecule has 0 aromatic heterocycles. The minimum atomic E-state index is -0.415. The van der Waals surface area contributed by atoms with E-state index in [0.717, 1.165) is 5.56 Å². The SMILES string of the molecule is O=C(NCc1ccc(Cl)cc1)C1CC(O)CN1. The molecule has 0 radical (unpaired) electrons. The molecule has 92 valence electrons. The fourth-order valence-corrected chi connectivity index (χ4v) is 1.96. The summed E-state index contributed by atoms with van der Waals surface area (Å²) in [7, 11) is 0. The maximum Gasteiger partial charge on any atom is 0.237 e. The topological polar surface area (TPSA) is 61.4 Å². The second-order valence-corrected chi connectivity index (χ2v) is 4.63. The lowest BCUT2D eigenvalue weighted by Gasteiger charge is -2.10. The van der Waals surface area contributed by atoms with Crippen LogP contribution in [-0.4, -0.2) is 29.7 Å². The summed E-state index contributed by atoms with van der Waals surface area (Å²) < 4.78 is 0. The number of rotatable bonds is 3. The Morgan fingerprint density at radius 2 is 2.18 bits per heavy atom. The van der Waals surface area contributed by atoms with Gasteiger partial charge in [0.25, 0.3) is 0 Å². The zero-order valence-corrected chi connectivity index (χ0v) is 10.1. The van der Waals surface area contributed by atoms with E-state index in [4.69, 9.17) is 11.6 Å². The summed E-state index contributed by atoms with van der Waals surface area (Å²) >= 11 is 5.77. The van der Waals surface area contributed by atoms with Crippen molar-refractivity contribution in [3.8, 4) is 0 Å². The van der Waals surface area contributed by atoms with Crippen molar-refractivity contribution in [2.45, 2.75) is 25.1 Å². The average Bonchev–Trinajstić information content (AvgIpc) is 2.75. The molecule has 1 saturated heterocycles. The highest BCUT2D eigenvalue weighted by molar-refractivity contribution is 6.30. The van der Waals surface area contributed by atoms with Crippen molar-refractivity contribution in [2.24, 2.45) is 0 Å². The minimum absolute atomic E-state index is 0.0727. The molecule has 0 aliphatic carbocycles. The van der Waals surface area contributed by atoms with Gasteiger partial charge in [0.2, 0.25) is 5.91 Å². The lowest BCUT2D eigenvalue weighted by Crippen LogP contribution is -2.39. The van der Waals surface area contributed by atoms with Crippen molar-refractivity contribution >= 4 is 17.5 Å². The smallest absolute Gasteiger partial charge is 0.237 e. The van der Waals surface area contributed by atoms with Gasteiger partial charge >= 0.3 is 0 Å². The van der Waals surface area contributed by atoms with Gasteiger partial charge in [-0.15, -0.1) is 0 Å². The van der Waals surface area contributed by atoms with Crippen molar-refractivity contribution in [1.82, 2.24) is 10.6 Å². The van der Waals surface area contributed by atoms with Crippen LogP contribution in [0.4, 0.5) is 0 Å². The fraction of sp³-hybridized carbons (Fsp3) is 0.417. The number of carbonyl (C=O) groups is 1. The molecule has 1 aromatic rings. The molecule has 1 aliphatic rings. The monoisotopic (exact) mass is 254 g/mol. The highest BCUT2D eigenvalue weighted by atomic mass is 35.5. The van der Waals surface area contributed by atoms with Gasteiger partial charge in [-0.3, -0.25) is 4.79 Å². The Hall–Kier alpha value is -1.10. The number of carbonyl (C=O) groups excluding carboxylic acids is 1. The van der Waals surface area contributed by atoms with Gasteiger partial charge in [0.15, 0.2) is 0 Å². The number of hydrogen-bond donors (Lipinski definition) is 3. The molecule has 2 unspecified atom stereocenters. The molecule has 1 fully saturated rings. The average molecular weight is 255 g/mol. The molecule has 2 rings (SSSR count). The van der Waals surface area contributed by atoms with Crippen LogP contribution in [-0.2, 0) is 11.3 Å². The van der Waals surface area contributed by atoms with E-state index < -0.39 is 6.10 Å². The van der Waals surface area contributed by atoms with Crippen LogP contribution >= 0.6 is 11.6 Å². The summed E-state index contributed by atoms with van der Waals surface area (Å²) in [6.07, 6.45) is 0.0631. The predicted octanol–water partition coefficient (Wildman–Crippen LogP) is 0.679. The first-order valence-corrected chi connectivity index (χ1v) is 5.96. The summed E-state index contributed by atoms with van der Waals surface area (Å²) in [4.78, 5) is 11.7. The zero-order valence-electron chi connectivity index (χ0n) is 9.32. The van der Waals surface area contributed by atoms with E-state index in [9.17, 15) is 9.90 Å². The van der Waals surface area contributed by atoms with Crippen LogP contribution in [0.15, 0.2) is 24.3 Å². The normalized spacial score (nSPS) is 23.6. The molecule has 4 nitrogen and oxygen atoms in total. The Morgan fingerprint density at radius 1 is 1.47 bits per heavy atom. The third kappa shape index (κ3) is 3.43. The Bertz CT molecular complexity index is 394. The number of aliphatic hydroxyl groups is 1. The number of benzene rings is 1. The van der Waals surface area contributed by atoms with Crippen molar-refractivity contribution in [3.05, 3.63) is 34.9 Å². The molecule has 1 aromatic carbocycles. The second kappa shape index (κ2) is 5.49. The number of nitrogens with one attached hydrogen (secondary N) is 2. The molecule has 17 heavy (non-hydrogen) atoms. The van der Waals surface area contributed by atoms with E-state index in [1.54, 1.807) is 12.1 Å². The Morgan fingerprint density at radius 3 is 2.76 bits per heavy atom. The first-order valence-electron chi connectivity index (χ1n) is 5.59. The molecular weight excluding hydrogens is 240 g/mol. The van der Waals surface area contributed by atoms with E-state index in [2.05, 4.69) is 10.6 Å². The van der Waals surface area contributed by atoms with E-state index in [1.807, 2.05) is 12.1 Å². The van der Waals surface area contributed by atoms with Gasteiger partial charge in [0.1, 0.15) is 0 Å². The molecule has 0 spiro atoms. The van der Waals surface area contributed by atoms with Crippen molar-refractivity contribution in [1.29, 1.82) is 0 Å². The maximum atomic E-state index is 11.7. The molecule has 3 N–H and O–H groups in total. The van der Waals surface area contributed by atoms with Gasteiger partial charge in [-0.05, 0) is 24.1 Å². The summed E-state index contributed by atoms with van der Waals surface area (Å²) in [6, 6.07) is 7.05. The van der Waals surface area contributed by atoms with Gasteiger partial charge in [-0.25, -0.2) is 0 Å². The molecule has 5 heteroatoms. The number of hydrogen-bond acceptors (Lipinski definition) is 3. The van der Waals surface area contributed by atoms with Crippen molar-refractivity contribution < 1.29 is 9.90 Å². The fourth-order valence-electron chi connectivity index (χ4n) is 1.83. The molecule has 1 heterocycles. The molecular formula is C12H15ClN2O2. The highest BCUT2D eigenvalue weighted by Crippen LogP contribution is 2.10. The van der Waals surface area contributed by atoms with Crippen molar-refractivity contribution in [2.75, 3.05) is 6.54 Å². The van der Waals surface area contributed by atoms with Crippen LogP contribution in [0.1, 0.15) is 12.0 Å². The Labute approximate surface area is 105 Å². The Balaban J connectivity index is 1.82. The zero-order chi connectivity index (χ0) is 12.3. The molecule has 0 saturated carbocycles. The van der Waals surface area contributed by atoms with Gasteiger partial charge in [-0.2, -0.15) is 0 Å². The summed E-state index contributed by atoms with van der Waals surface area (Å²) in [5, 5.41) is 15.8. The number of amides is 1. The van der Waals surface area contributed by atoms with Crippen LogP contribution in [0.25, 0.3) is 0 Å². The number of halogens is 1. The van der Waals surface area contributed by atoms with Crippen LogP contribution in [0.3, 0.4) is 0 Å². The lowest BCUT2D eigenvalue weighted by atomic mass is 10.2. The third-order valence-electron chi connectivity index (χ3n) is 2.80. The van der Waals surface area contributed by atoms with Gasteiger partial charge in [0, 0.05) is 18.1 Å². The van der Waals surface area contributed by atoms with Crippen LogP contribution in [0.2, 0.25) is 5.02 Å². The van der Waals surface area contributed by atoms with E-state index in [1.165, 1.54) is 0 Å². The highest BCUT2D eigenvalue weighted by Gasteiger charge is 2.27. The van der Waals surface area contributed by atoms with Crippen molar-refractivity contribution in [3.63, 3.8) is 0 Å². The first kappa shape index (κ1) is 12.4. The largest absolute Gasteiger partial charge is 0.392 e. The maximum absolute atomic E-state index is 11.7. The molecule has 2 atom stereocenters. The quantitative estimate of drug-likeness (QED) is 0.743. The van der Waals surface area contributed by atoms with Crippen LogP contribution in [0.5, 0.6) is 0 Å². The van der Waals surface area contributed by atoms with Crippen LogP contribution in [0, 0.1) is 0 Å². The molecule has 1 aliphatic heterocycles. The van der Waals surface area contributed by atoms with E-state index >= 15 is 0 Å². The second-order valence-electron chi connectivity index (χ2n) is 4.19. The van der Waals surface area contributed by atoms with E-state index in [-0.39, 0.29) is 11.9 Å².